The molecule has 2 fully saturated rings. The van der Waals surface area contributed by atoms with Crippen LogP contribution in [0, 0.1) is 6.92 Å². The first kappa shape index (κ1) is 27.5. The number of carbonyl (C=O) groups is 1. The van der Waals surface area contributed by atoms with Gasteiger partial charge >= 0.3 is 0 Å². The van der Waals surface area contributed by atoms with Crippen LogP contribution in [0.15, 0.2) is 58.4 Å². The molecule has 8 nitrogen and oxygen atoms in total. The predicted molar refractivity (Wildman–Crippen MR) is 161 cm³/mol. The zero-order chi connectivity index (χ0) is 27.4. The molecule has 3 aromatic rings. The quantitative estimate of drug-likeness (QED) is 0.220. The molecule has 2 aromatic heterocycles. The molecule has 0 N–H and O–H groups in total. The van der Waals surface area contributed by atoms with Gasteiger partial charge in [-0.15, -0.1) is 0 Å². The molecule has 0 spiro atoms. The number of fused-ring (bicyclic) bond motifs is 1. The van der Waals surface area contributed by atoms with E-state index in [1.165, 1.54) is 17.3 Å². The molecule has 4 heterocycles. The molecule has 0 aliphatic carbocycles. The monoisotopic (exact) mass is 563 g/mol. The Balaban J connectivity index is 1.44. The molecule has 0 unspecified atom stereocenters. The van der Waals surface area contributed by atoms with Crippen LogP contribution in [-0.4, -0.2) is 75.3 Å². The smallest absolute Gasteiger partial charge is 0.267 e. The molecule has 204 valence electrons. The largest absolute Gasteiger partial charge is 0.382 e. The highest BCUT2D eigenvalue weighted by molar-refractivity contribution is 8.26. The van der Waals surface area contributed by atoms with Gasteiger partial charge in [0.2, 0.25) is 0 Å². The molecule has 0 bridgehead atoms. The number of hydrogen-bond donors (Lipinski definition) is 0. The van der Waals surface area contributed by atoms with Gasteiger partial charge in [-0.3, -0.25) is 23.8 Å². The highest BCUT2D eigenvalue weighted by Gasteiger charge is 2.33. The Hall–Kier alpha value is -3.05. The van der Waals surface area contributed by atoms with Crippen molar-refractivity contribution in [2.45, 2.75) is 26.8 Å². The van der Waals surface area contributed by atoms with Gasteiger partial charge in [0.15, 0.2) is 0 Å². The number of piperazine rings is 1. The van der Waals surface area contributed by atoms with E-state index in [-0.39, 0.29) is 11.5 Å². The van der Waals surface area contributed by atoms with Crippen molar-refractivity contribution in [3.8, 4) is 0 Å². The number of thiocarbonyl (C=S) groups is 1. The van der Waals surface area contributed by atoms with E-state index in [4.69, 9.17) is 21.9 Å². The summed E-state index contributed by atoms with van der Waals surface area (Å²) in [6, 6.07) is 14.2. The molecule has 1 amide bonds. The van der Waals surface area contributed by atoms with Gasteiger partial charge in [0.25, 0.3) is 11.5 Å². The Morgan fingerprint density at radius 2 is 1.85 bits per heavy atom. The first-order valence-corrected chi connectivity index (χ1v) is 14.5. The van der Waals surface area contributed by atoms with E-state index in [9.17, 15) is 9.59 Å². The lowest BCUT2D eigenvalue weighted by Crippen LogP contribution is -2.47. The van der Waals surface area contributed by atoms with Crippen LogP contribution in [0.5, 0.6) is 0 Å². The molecule has 10 heteroatoms. The fraction of sp³-hybridized carbons (Fsp3) is 0.379. The minimum atomic E-state index is -0.188. The number of benzene rings is 1. The van der Waals surface area contributed by atoms with Crippen molar-refractivity contribution in [3.05, 3.63) is 80.6 Å². The average Bonchev–Trinajstić information content (AvgIpc) is 3.21. The number of aryl methyl sites for hydroxylation is 1. The summed E-state index contributed by atoms with van der Waals surface area (Å²) in [6.45, 7) is 9.67. The third-order valence-electron chi connectivity index (χ3n) is 7.01. The number of thioether (sulfide) groups is 1. The SMILES string of the molecule is CCOCCCN1C(=O)C(=Cc2c(N3CCN(Cc4ccccc4)CC3)nc3c(C)cccn3c2=O)SC1=S. The molecular formula is C29H33N5O3S2. The van der Waals surface area contributed by atoms with Crippen LogP contribution in [-0.2, 0) is 16.1 Å². The van der Waals surface area contributed by atoms with Crippen molar-refractivity contribution in [2.24, 2.45) is 0 Å². The summed E-state index contributed by atoms with van der Waals surface area (Å²) >= 11 is 6.75. The summed E-state index contributed by atoms with van der Waals surface area (Å²) in [6.07, 6.45) is 4.12. The summed E-state index contributed by atoms with van der Waals surface area (Å²) in [5.74, 6) is 0.448. The Morgan fingerprint density at radius 1 is 1.08 bits per heavy atom. The van der Waals surface area contributed by atoms with Crippen molar-refractivity contribution in [3.63, 3.8) is 0 Å². The van der Waals surface area contributed by atoms with Gasteiger partial charge in [-0.25, -0.2) is 4.98 Å². The molecule has 2 saturated heterocycles. The molecular weight excluding hydrogens is 530 g/mol. The maximum absolute atomic E-state index is 13.8. The highest BCUT2D eigenvalue weighted by Crippen LogP contribution is 2.34. The van der Waals surface area contributed by atoms with Crippen molar-refractivity contribution >= 4 is 51.7 Å². The second kappa shape index (κ2) is 12.4. The normalized spacial score (nSPS) is 17.6. The van der Waals surface area contributed by atoms with Gasteiger partial charge in [0.1, 0.15) is 15.8 Å². The minimum Gasteiger partial charge on any atom is -0.382 e. The van der Waals surface area contributed by atoms with Gasteiger partial charge in [-0.1, -0.05) is 60.4 Å². The van der Waals surface area contributed by atoms with Crippen molar-refractivity contribution in [1.29, 1.82) is 0 Å². The average molecular weight is 564 g/mol. The lowest BCUT2D eigenvalue weighted by molar-refractivity contribution is -0.122. The summed E-state index contributed by atoms with van der Waals surface area (Å²) < 4.78 is 7.48. The molecule has 2 aliphatic heterocycles. The number of rotatable bonds is 9. The van der Waals surface area contributed by atoms with Gasteiger partial charge in [0.05, 0.1) is 10.5 Å². The van der Waals surface area contributed by atoms with Gasteiger partial charge in [0, 0.05) is 58.7 Å². The molecule has 2 aliphatic rings. The van der Waals surface area contributed by atoms with Crippen LogP contribution in [0.1, 0.15) is 30.0 Å². The Kier molecular flexibility index (Phi) is 8.76. The van der Waals surface area contributed by atoms with E-state index >= 15 is 0 Å². The van der Waals surface area contributed by atoms with Crippen LogP contribution in [0.2, 0.25) is 0 Å². The number of ether oxygens (including phenoxy) is 1. The van der Waals surface area contributed by atoms with Gasteiger partial charge < -0.3 is 9.64 Å². The Bertz CT molecular complexity index is 1450. The summed E-state index contributed by atoms with van der Waals surface area (Å²) in [7, 11) is 0. The molecule has 5 rings (SSSR count). The van der Waals surface area contributed by atoms with E-state index < -0.39 is 0 Å². The van der Waals surface area contributed by atoms with E-state index in [0.717, 1.165) is 38.3 Å². The Morgan fingerprint density at radius 3 is 2.59 bits per heavy atom. The second-order valence-corrected chi connectivity index (χ2v) is 11.3. The van der Waals surface area contributed by atoms with Crippen LogP contribution in [0.4, 0.5) is 5.82 Å². The number of aromatic nitrogens is 2. The van der Waals surface area contributed by atoms with Gasteiger partial charge in [-0.05, 0) is 43.5 Å². The number of hydrogen-bond acceptors (Lipinski definition) is 8. The maximum Gasteiger partial charge on any atom is 0.267 e. The third-order valence-corrected chi connectivity index (χ3v) is 8.39. The lowest BCUT2D eigenvalue weighted by Gasteiger charge is -2.36. The predicted octanol–water partition coefficient (Wildman–Crippen LogP) is 3.95. The number of amides is 1. The topological polar surface area (TPSA) is 70.4 Å². The molecule has 0 saturated carbocycles. The van der Waals surface area contributed by atoms with E-state index in [0.29, 0.717) is 52.4 Å². The third kappa shape index (κ3) is 6.09. The van der Waals surface area contributed by atoms with Crippen LogP contribution in [0.3, 0.4) is 0 Å². The molecule has 1 aromatic carbocycles. The summed E-state index contributed by atoms with van der Waals surface area (Å²) in [5, 5.41) is 0. The zero-order valence-corrected chi connectivity index (χ0v) is 24.0. The number of pyridine rings is 1. The summed E-state index contributed by atoms with van der Waals surface area (Å²) in [5.41, 5.74) is 3.07. The fourth-order valence-corrected chi connectivity index (χ4v) is 6.21. The van der Waals surface area contributed by atoms with Gasteiger partial charge in [-0.2, -0.15) is 0 Å². The van der Waals surface area contributed by atoms with Crippen LogP contribution < -0.4 is 10.5 Å². The molecule has 0 radical (unpaired) electrons. The number of anilines is 1. The highest BCUT2D eigenvalue weighted by atomic mass is 32.2. The molecule has 0 atom stereocenters. The minimum absolute atomic E-state index is 0.172. The number of carbonyl (C=O) groups excluding carboxylic acids is 1. The first-order valence-electron chi connectivity index (χ1n) is 13.3. The van der Waals surface area contributed by atoms with Crippen molar-refractivity contribution in [2.75, 3.05) is 50.8 Å². The van der Waals surface area contributed by atoms with Crippen LogP contribution in [0.25, 0.3) is 11.7 Å². The van der Waals surface area contributed by atoms with Crippen molar-refractivity contribution in [1.82, 2.24) is 19.2 Å². The fourth-order valence-electron chi connectivity index (χ4n) is 4.92. The zero-order valence-electron chi connectivity index (χ0n) is 22.3. The lowest BCUT2D eigenvalue weighted by atomic mass is 10.1. The van der Waals surface area contributed by atoms with Crippen molar-refractivity contribution < 1.29 is 9.53 Å². The summed E-state index contributed by atoms with van der Waals surface area (Å²) in [4.78, 5) is 38.7. The number of nitrogens with zero attached hydrogens (tertiary/aromatic N) is 5. The van der Waals surface area contributed by atoms with E-state index in [1.807, 2.05) is 32.0 Å². The van der Waals surface area contributed by atoms with Crippen LogP contribution >= 0.6 is 24.0 Å². The van der Waals surface area contributed by atoms with E-state index in [2.05, 4.69) is 34.1 Å². The van der Waals surface area contributed by atoms with E-state index in [1.54, 1.807) is 21.6 Å². The second-order valence-electron chi connectivity index (χ2n) is 9.67. The first-order chi connectivity index (χ1) is 19.0. The Labute approximate surface area is 238 Å². The maximum atomic E-state index is 13.8. The standard InChI is InChI=1S/C29H33N5O3S2/c1-3-37-18-8-13-34-28(36)24(39-29(34)38)19-23-26(30-25-21(2)9-7-12-33(25)27(23)35)32-16-14-31(15-17-32)20-22-10-5-4-6-11-22/h4-7,9-12,19H,3,8,13-18,20H2,1-2H3. The molecule has 39 heavy (non-hydrogen) atoms.